The molecule has 2 heterocycles. The zero-order chi connectivity index (χ0) is 19.3. The summed E-state index contributed by atoms with van der Waals surface area (Å²) in [7, 11) is 0. The van der Waals surface area contributed by atoms with Crippen molar-refractivity contribution in [3.63, 3.8) is 0 Å². The first-order valence-electron chi connectivity index (χ1n) is 8.88. The zero-order valence-corrected chi connectivity index (χ0v) is 15.7. The number of hydrogen-bond acceptors (Lipinski definition) is 4. The van der Waals surface area contributed by atoms with Gasteiger partial charge in [0.05, 0.1) is 0 Å². The summed E-state index contributed by atoms with van der Waals surface area (Å²) in [6.07, 6.45) is 4.39. The van der Waals surface area contributed by atoms with Gasteiger partial charge in [-0.1, -0.05) is 35.9 Å². The number of para-hydroxylation sites is 1. The molecular weight excluding hydrogens is 374 g/mol. The van der Waals surface area contributed by atoms with Gasteiger partial charge in [-0.2, -0.15) is 0 Å². The van der Waals surface area contributed by atoms with E-state index < -0.39 is 0 Å². The summed E-state index contributed by atoms with van der Waals surface area (Å²) in [5.41, 5.74) is 3.24. The van der Waals surface area contributed by atoms with Crippen molar-refractivity contribution >= 4 is 40.0 Å². The highest BCUT2D eigenvalue weighted by Gasteiger charge is 2.10. The molecule has 0 bridgehead atoms. The molecule has 0 spiro atoms. The molecule has 2 aromatic heterocycles. The Morgan fingerprint density at radius 2 is 2.00 bits per heavy atom. The van der Waals surface area contributed by atoms with Gasteiger partial charge in [0.25, 0.3) is 5.91 Å². The van der Waals surface area contributed by atoms with Gasteiger partial charge in [0, 0.05) is 40.6 Å². The quantitative estimate of drug-likeness (QED) is 0.451. The Morgan fingerprint density at radius 3 is 2.89 bits per heavy atom. The van der Waals surface area contributed by atoms with Gasteiger partial charge < -0.3 is 15.6 Å². The zero-order valence-electron chi connectivity index (χ0n) is 14.9. The Morgan fingerprint density at radius 1 is 1.11 bits per heavy atom. The molecule has 0 atom stereocenters. The Balaban J connectivity index is 1.39. The lowest BCUT2D eigenvalue weighted by Gasteiger charge is -2.07. The van der Waals surface area contributed by atoms with Crippen LogP contribution < -0.4 is 10.6 Å². The first-order valence-corrected chi connectivity index (χ1v) is 9.26. The number of aromatic nitrogens is 3. The maximum atomic E-state index is 12.4. The fraction of sp³-hybridized carbons (Fsp3) is 0.0952. The molecule has 2 aromatic carbocycles. The van der Waals surface area contributed by atoms with Crippen molar-refractivity contribution in [2.45, 2.75) is 6.42 Å². The first-order chi connectivity index (χ1) is 13.7. The van der Waals surface area contributed by atoms with Gasteiger partial charge in [0.1, 0.15) is 5.69 Å². The van der Waals surface area contributed by atoms with Crippen LogP contribution >= 0.6 is 11.6 Å². The molecule has 0 unspecified atom stereocenters. The average Bonchev–Trinajstić information content (AvgIpc) is 3.11. The maximum Gasteiger partial charge on any atom is 0.274 e. The van der Waals surface area contributed by atoms with Crippen molar-refractivity contribution in [2.24, 2.45) is 0 Å². The summed E-state index contributed by atoms with van der Waals surface area (Å²) >= 11 is 5.95. The fourth-order valence-corrected chi connectivity index (χ4v) is 3.17. The van der Waals surface area contributed by atoms with E-state index in [2.05, 4.69) is 37.7 Å². The standard InChI is InChI=1S/C21H18ClN5O/c22-15-4-3-5-16(12-15)26-20(28)19-9-11-24-21(27-19)23-10-8-14-13-25-18-7-2-1-6-17(14)18/h1-7,9,11-13,25H,8,10H2,(H,26,28)(H,23,24,27). The lowest BCUT2D eigenvalue weighted by molar-refractivity contribution is 0.102. The Bertz CT molecular complexity index is 1120. The van der Waals surface area contributed by atoms with Crippen LogP contribution in [-0.2, 0) is 6.42 Å². The summed E-state index contributed by atoms with van der Waals surface area (Å²) in [5.74, 6) is 0.0999. The molecule has 3 N–H and O–H groups in total. The van der Waals surface area contributed by atoms with Crippen molar-refractivity contribution < 1.29 is 4.79 Å². The summed E-state index contributed by atoms with van der Waals surface area (Å²) in [6.45, 7) is 0.654. The first kappa shape index (κ1) is 18.0. The maximum absolute atomic E-state index is 12.4. The average molecular weight is 392 g/mol. The van der Waals surface area contributed by atoms with Crippen molar-refractivity contribution in [1.82, 2.24) is 15.0 Å². The molecule has 0 radical (unpaired) electrons. The SMILES string of the molecule is O=C(Nc1cccc(Cl)c1)c1ccnc(NCCc2c[nH]c3ccccc23)n1. The molecule has 0 aliphatic carbocycles. The second kappa shape index (κ2) is 8.10. The molecule has 0 fully saturated rings. The Kier molecular flexibility index (Phi) is 5.21. The molecule has 1 amide bonds. The molecule has 4 rings (SSSR count). The van der Waals surface area contributed by atoms with Crippen molar-refractivity contribution in [3.8, 4) is 0 Å². The molecule has 140 valence electrons. The molecule has 6 nitrogen and oxygen atoms in total. The number of benzene rings is 2. The number of H-pyrrole nitrogens is 1. The van der Waals surface area contributed by atoms with E-state index in [1.54, 1.807) is 36.5 Å². The largest absolute Gasteiger partial charge is 0.361 e. The molecule has 7 heteroatoms. The van der Waals surface area contributed by atoms with Crippen LogP contribution in [0.1, 0.15) is 16.1 Å². The van der Waals surface area contributed by atoms with E-state index in [-0.39, 0.29) is 11.6 Å². The Labute approximate surface area is 167 Å². The van der Waals surface area contributed by atoms with E-state index >= 15 is 0 Å². The third kappa shape index (κ3) is 4.13. The van der Waals surface area contributed by atoms with Gasteiger partial charge in [-0.15, -0.1) is 0 Å². The van der Waals surface area contributed by atoms with E-state index in [0.717, 1.165) is 11.9 Å². The molecule has 4 aromatic rings. The molecule has 0 aliphatic rings. The highest BCUT2D eigenvalue weighted by Crippen LogP contribution is 2.18. The number of anilines is 2. The molecule has 28 heavy (non-hydrogen) atoms. The third-order valence-corrected chi connectivity index (χ3v) is 4.56. The van der Waals surface area contributed by atoms with Crippen LogP contribution in [0.3, 0.4) is 0 Å². The van der Waals surface area contributed by atoms with E-state index in [9.17, 15) is 4.79 Å². The van der Waals surface area contributed by atoms with Crippen LogP contribution in [-0.4, -0.2) is 27.4 Å². The van der Waals surface area contributed by atoms with Crippen LogP contribution in [0.2, 0.25) is 5.02 Å². The number of hydrogen-bond donors (Lipinski definition) is 3. The number of rotatable bonds is 6. The smallest absolute Gasteiger partial charge is 0.274 e. The van der Waals surface area contributed by atoms with Crippen molar-refractivity contribution in [1.29, 1.82) is 0 Å². The van der Waals surface area contributed by atoms with Crippen LogP contribution in [0.5, 0.6) is 0 Å². The second-order valence-electron chi connectivity index (χ2n) is 6.27. The minimum atomic E-state index is -0.315. The number of carbonyl (C=O) groups excluding carboxylic acids is 1. The molecule has 0 saturated heterocycles. The molecule has 0 aliphatic heterocycles. The van der Waals surface area contributed by atoms with Gasteiger partial charge in [-0.3, -0.25) is 4.79 Å². The minimum Gasteiger partial charge on any atom is -0.361 e. The van der Waals surface area contributed by atoms with Gasteiger partial charge in [0.15, 0.2) is 0 Å². The molecular formula is C21H18ClN5O. The predicted octanol–water partition coefficient (Wildman–Crippen LogP) is 4.52. The normalized spacial score (nSPS) is 10.8. The van der Waals surface area contributed by atoms with Gasteiger partial charge >= 0.3 is 0 Å². The summed E-state index contributed by atoms with van der Waals surface area (Å²) < 4.78 is 0. The number of nitrogens with one attached hydrogen (secondary N) is 3. The van der Waals surface area contributed by atoms with Gasteiger partial charge in [-0.05, 0) is 42.3 Å². The fourth-order valence-electron chi connectivity index (χ4n) is 2.98. The predicted molar refractivity (Wildman–Crippen MR) is 112 cm³/mol. The Hall–Kier alpha value is -3.38. The lowest BCUT2D eigenvalue weighted by atomic mass is 10.1. The number of carbonyl (C=O) groups is 1. The van der Waals surface area contributed by atoms with Crippen LogP contribution in [0.4, 0.5) is 11.6 Å². The van der Waals surface area contributed by atoms with E-state index in [0.29, 0.717) is 23.2 Å². The van der Waals surface area contributed by atoms with Crippen LogP contribution in [0.25, 0.3) is 10.9 Å². The number of aromatic amines is 1. The number of nitrogens with zero attached hydrogens (tertiary/aromatic N) is 2. The lowest BCUT2D eigenvalue weighted by Crippen LogP contribution is -2.16. The van der Waals surface area contributed by atoms with E-state index in [1.165, 1.54) is 10.9 Å². The summed E-state index contributed by atoms with van der Waals surface area (Å²) in [4.78, 5) is 24.2. The second-order valence-corrected chi connectivity index (χ2v) is 6.70. The number of amides is 1. The molecule has 0 saturated carbocycles. The third-order valence-electron chi connectivity index (χ3n) is 4.32. The highest BCUT2D eigenvalue weighted by atomic mass is 35.5. The van der Waals surface area contributed by atoms with Crippen LogP contribution in [0.15, 0.2) is 67.0 Å². The van der Waals surface area contributed by atoms with Crippen molar-refractivity contribution in [2.75, 3.05) is 17.2 Å². The highest BCUT2D eigenvalue weighted by molar-refractivity contribution is 6.30. The van der Waals surface area contributed by atoms with Crippen LogP contribution in [0, 0.1) is 0 Å². The van der Waals surface area contributed by atoms with Gasteiger partial charge in [0.2, 0.25) is 5.95 Å². The number of halogens is 1. The topological polar surface area (TPSA) is 82.7 Å². The summed E-state index contributed by atoms with van der Waals surface area (Å²) in [5, 5.41) is 7.72. The minimum absolute atomic E-state index is 0.282. The van der Waals surface area contributed by atoms with Crippen molar-refractivity contribution in [3.05, 3.63) is 83.3 Å². The summed E-state index contributed by atoms with van der Waals surface area (Å²) in [6, 6.07) is 16.7. The number of fused-ring (bicyclic) bond motifs is 1. The monoisotopic (exact) mass is 391 g/mol. The van der Waals surface area contributed by atoms with Gasteiger partial charge in [-0.25, -0.2) is 9.97 Å². The van der Waals surface area contributed by atoms with E-state index in [1.807, 2.05) is 18.3 Å². The van der Waals surface area contributed by atoms with E-state index in [4.69, 9.17) is 11.6 Å².